The second kappa shape index (κ2) is 9.42. The summed E-state index contributed by atoms with van der Waals surface area (Å²) in [6, 6.07) is 3.95. The number of piperazine rings is 1. The van der Waals surface area contributed by atoms with Crippen LogP contribution in [-0.4, -0.2) is 66.7 Å². The summed E-state index contributed by atoms with van der Waals surface area (Å²) in [7, 11) is 0. The molecule has 0 bridgehead atoms. The maximum Gasteiger partial charge on any atom is 0.573 e. The van der Waals surface area contributed by atoms with E-state index in [4.69, 9.17) is 9.47 Å². The quantitative estimate of drug-likeness (QED) is 0.610. The minimum Gasteiger partial charge on any atom is -0.491 e. The largest absolute Gasteiger partial charge is 0.573 e. The van der Waals surface area contributed by atoms with Crippen LogP contribution in [0.5, 0.6) is 11.5 Å². The molecule has 6 nitrogen and oxygen atoms in total. The van der Waals surface area contributed by atoms with Gasteiger partial charge in [0.15, 0.2) is 0 Å². The van der Waals surface area contributed by atoms with Crippen LogP contribution in [0.2, 0.25) is 0 Å². The van der Waals surface area contributed by atoms with Gasteiger partial charge in [-0.3, -0.25) is 4.90 Å². The highest BCUT2D eigenvalue weighted by Crippen LogP contribution is 2.32. The predicted octanol–water partition coefficient (Wildman–Crippen LogP) is 4.67. The average Bonchev–Trinajstić information content (AvgIpc) is 2.56. The molecule has 0 spiro atoms. The topological polar surface area (TPSA) is 51.2 Å². The highest BCUT2D eigenvalue weighted by atomic mass is 79.9. The number of carbonyl (C=O) groups is 1. The summed E-state index contributed by atoms with van der Waals surface area (Å²) < 4.78 is 52.6. The number of ether oxygens (including phenoxy) is 3. The summed E-state index contributed by atoms with van der Waals surface area (Å²) in [6.45, 7) is 10.1. The molecule has 10 heteroatoms. The molecule has 0 radical (unpaired) electrons. The lowest BCUT2D eigenvalue weighted by Gasteiger charge is -2.40. The van der Waals surface area contributed by atoms with Gasteiger partial charge in [-0.05, 0) is 55.8 Å². The van der Waals surface area contributed by atoms with Crippen LogP contribution in [0.3, 0.4) is 0 Å². The number of carbonyl (C=O) groups excluding carboxylic acids is 1. The molecule has 1 unspecified atom stereocenters. The Hall–Kier alpha value is -1.68. The fourth-order valence-electron chi connectivity index (χ4n) is 2.88. The maximum absolute atomic E-state index is 12.4. The number of halogens is 4. The van der Waals surface area contributed by atoms with Crippen molar-refractivity contribution in [3.8, 4) is 11.5 Å². The first-order valence-electron chi connectivity index (χ1n) is 9.24. The Balaban J connectivity index is 1.84. The number of rotatable bonds is 5. The van der Waals surface area contributed by atoms with E-state index in [1.165, 1.54) is 18.2 Å². The second-order valence-electron chi connectivity index (χ2n) is 7.80. The van der Waals surface area contributed by atoms with Gasteiger partial charge in [0, 0.05) is 38.3 Å². The van der Waals surface area contributed by atoms with Crippen LogP contribution in [0.4, 0.5) is 18.0 Å². The first-order valence-corrected chi connectivity index (χ1v) is 10.0. The summed E-state index contributed by atoms with van der Waals surface area (Å²) in [4.78, 5) is 16.0. The van der Waals surface area contributed by atoms with Crippen LogP contribution in [0.1, 0.15) is 27.7 Å². The third-order valence-corrected chi connectivity index (χ3v) is 4.84. The zero-order valence-electron chi connectivity index (χ0n) is 16.9. The van der Waals surface area contributed by atoms with Crippen LogP contribution in [-0.2, 0) is 4.74 Å². The van der Waals surface area contributed by atoms with Gasteiger partial charge < -0.3 is 19.1 Å². The number of hydrogen-bond acceptors (Lipinski definition) is 5. The van der Waals surface area contributed by atoms with Crippen LogP contribution in [0, 0.1) is 0 Å². The Labute approximate surface area is 177 Å². The normalized spacial score (nSPS) is 18.5. The summed E-state index contributed by atoms with van der Waals surface area (Å²) in [5, 5.41) is 0. The Morgan fingerprint density at radius 2 is 1.93 bits per heavy atom. The maximum atomic E-state index is 12.4. The minimum atomic E-state index is -4.76. The van der Waals surface area contributed by atoms with E-state index in [1.54, 1.807) is 4.90 Å². The van der Waals surface area contributed by atoms with Gasteiger partial charge in [-0.25, -0.2) is 4.79 Å². The molecule has 1 aromatic rings. The minimum absolute atomic E-state index is 0.100. The smallest absolute Gasteiger partial charge is 0.491 e. The molecule has 0 saturated carbocycles. The molecule has 1 atom stereocenters. The van der Waals surface area contributed by atoms with Gasteiger partial charge in [-0.1, -0.05) is 0 Å². The number of benzene rings is 1. The molecule has 0 aromatic heterocycles. The fraction of sp³-hybridized carbons (Fsp3) is 0.632. The van der Waals surface area contributed by atoms with Crippen molar-refractivity contribution in [1.29, 1.82) is 0 Å². The van der Waals surface area contributed by atoms with Crippen LogP contribution in [0.15, 0.2) is 22.7 Å². The van der Waals surface area contributed by atoms with Gasteiger partial charge in [0.1, 0.15) is 23.7 Å². The number of amides is 1. The fourth-order valence-corrected chi connectivity index (χ4v) is 3.25. The average molecular weight is 483 g/mol. The van der Waals surface area contributed by atoms with Crippen molar-refractivity contribution in [2.45, 2.75) is 45.7 Å². The van der Waals surface area contributed by atoms with Crippen LogP contribution >= 0.6 is 15.9 Å². The van der Waals surface area contributed by atoms with Crippen LogP contribution < -0.4 is 9.47 Å². The van der Waals surface area contributed by atoms with Crippen molar-refractivity contribution in [3.05, 3.63) is 22.7 Å². The Kier molecular flexibility index (Phi) is 7.67. The first-order chi connectivity index (χ1) is 13.3. The molecule has 1 heterocycles. The molecule has 1 aliphatic heterocycles. The van der Waals surface area contributed by atoms with Gasteiger partial charge in [0.25, 0.3) is 0 Å². The highest BCUT2D eigenvalue weighted by molar-refractivity contribution is 9.10. The molecule has 1 aromatic carbocycles. The molecule has 29 heavy (non-hydrogen) atoms. The molecular weight excluding hydrogens is 457 g/mol. The lowest BCUT2D eigenvalue weighted by molar-refractivity contribution is -0.274. The number of alkyl halides is 3. The van der Waals surface area contributed by atoms with Gasteiger partial charge >= 0.3 is 12.5 Å². The molecule has 1 amide bonds. The van der Waals surface area contributed by atoms with Crippen molar-refractivity contribution in [3.63, 3.8) is 0 Å². The Bertz CT molecular complexity index is 710. The van der Waals surface area contributed by atoms with E-state index < -0.39 is 12.0 Å². The van der Waals surface area contributed by atoms with Gasteiger partial charge in [0.2, 0.25) is 0 Å². The summed E-state index contributed by atoms with van der Waals surface area (Å²) >= 11 is 3.26. The van der Waals surface area contributed by atoms with E-state index in [-0.39, 0.29) is 30.2 Å². The van der Waals surface area contributed by atoms with Crippen LogP contribution in [0.25, 0.3) is 0 Å². The predicted molar refractivity (Wildman–Crippen MR) is 105 cm³/mol. The van der Waals surface area contributed by atoms with Crippen molar-refractivity contribution >= 4 is 22.0 Å². The summed E-state index contributed by atoms with van der Waals surface area (Å²) in [5.41, 5.74) is -0.539. The molecule has 1 fully saturated rings. The van der Waals surface area contributed by atoms with E-state index in [1.807, 2.05) is 27.7 Å². The standard InChI is InChI=1S/C19H26BrF3N2O4/c1-13-12-25(17(26)29-18(2,3)4)8-7-24(13)9-10-27-16-11-14(5-6-15(16)20)28-19(21,22)23/h5-6,11,13H,7-10,12H2,1-4H3. The van der Waals surface area contributed by atoms with E-state index in [0.29, 0.717) is 30.7 Å². The van der Waals surface area contributed by atoms with Gasteiger partial charge in [0.05, 0.1) is 4.47 Å². The zero-order valence-corrected chi connectivity index (χ0v) is 18.5. The molecule has 0 aliphatic carbocycles. The van der Waals surface area contributed by atoms with E-state index >= 15 is 0 Å². The molecule has 1 saturated heterocycles. The van der Waals surface area contributed by atoms with Gasteiger partial charge in [-0.15, -0.1) is 13.2 Å². The SMILES string of the molecule is CC1CN(C(=O)OC(C)(C)C)CCN1CCOc1cc(OC(F)(F)F)ccc1Br. The lowest BCUT2D eigenvalue weighted by Crippen LogP contribution is -2.55. The molecule has 0 N–H and O–H groups in total. The Morgan fingerprint density at radius 1 is 1.24 bits per heavy atom. The second-order valence-corrected chi connectivity index (χ2v) is 8.65. The van der Waals surface area contributed by atoms with E-state index in [9.17, 15) is 18.0 Å². The number of nitrogens with zero attached hydrogens (tertiary/aromatic N) is 2. The zero-order chi connectivity index (χ0) is 21.8. The summed E-state index contributed by atoms with van der Waals surface area (Å²) in [6.07, 6.45) is -5.08. The van der Waals surface area contributed by atoms with Crippen molar-refractivity contribution in [2.24, 2.45) is 0 Å². The third-order valence-electron chi connectivity index (χ3n) is 4.19. The molecule has 2 rings (SSSR count). The lowest BCUT2D eigenvalue weighted by atomic mass is 10.2. The Morgan fingerprint density at radius 3 is 2.52 bits per heavy atom. The molecular formula is C19H26BrF3N2O4. The first kappa shape index (κ1) is 23.6. The van der Waals surface area contributed by atoms with E-state index in [0.717, 1.165) is 0 Å². The summed E-state index contributed by atoms with van der Waals surface area (Å²) in [5.74, 6) is -0.0677. The van der Waals surface area contributed by atoms with Crippen molar-refractivity contribution in [1.82, 2.24) is 9.80 Å². The third kappa shape index (κ3) is 7.93. The number of hydrogen-bond donors (Lipinski definition) is 0. The van der Waals surface area contributed by atoms with Gasteiger partial charge in [-0.2, -0.15) is 0 Å². The van der Waals surface area contributed by atoms with Crippen molar-refractivity contribution < 1.29 is 32.2 Å². The highest BCUT2D eigenvalue weighted by Gasteiger charge is 2.32. The van der Waals surface area contributed by atoms with E-state index in [2.05, 4.69) is 25.6 Å². The molecule has 1 aliphatic rings. The molecule has 164 valence electrons. The monoisotopic (exact) mass is 482 g/mol. The van der Waals surface area contributed by atoms with Crippen molar-refractivity contribution in [2.75, 3.05) is 32.8 Å².